The van der Waals surface area contributed by atoms with Gasteiger partial charge in [-0.3, -0.25) is 0 Å². The topological polar surface area (TPSA) is 27.7 Å². The highest BCUT2D eigenvalue weighted by Crippen LogP contribution is 2.26. The van der Waals surface area contributed by atoms with Crippen LogP contribution < -0.4 is 0 Å². The summed E-state index contributed by atoms with van der Waals surface area (Å²) in [4.78, 5) is 0. The molecule has 8 heteroatoms. The monoisotopic (exact) mass is 386 g/mol. The van der Waals surface area contributed by atoms with Crippen molar-refractivity contribution in [1.29, 1.82) is 0 Å². The Morgan fingerprint density at radius 1 is 0.762 bits per heavy atom. The maximum atomic E-state index is 6.49. The SMILES string of the molecule is CC(Cl)CC[Si](C)(C)O[Si](C)(C)O[Si](C)(C)O[Si](C)(C)C. The van der Waals surface area contributed by atoms with Gasteiger partial charge in [0.15, 0.2) is 16.6 Å². The second-order valence-corrected chi connectivity index (χ2v) is 25.3. The molecule has 0 amide bonds. The van der Waals surface area contributed by atoms with E-state index in [9.17, 15) is 0 Å². The lowest BCUT2D eigenvalue weighted by molar-refractivity contribution is 0.329. The molecule has 0 aromatic heterocycles. The zero-order valence-corrected chi connectivity index (χ0v) is 20.4. The van der Waals surface area contributed by atoms with Gasteiger partial charge in [-0.2, -0.15) is 0 Å². The summed E-state index contributed by atoms with van der Waals surface area (Å²) in [5.41, 5.74) is 0. The molecule has 0 radical (unpaired) electrons. The zero-order chi connectivity index (χ0) is 17.1. The van der Waals surface area contributed by atoms with E-state index < -0.39 is 33.8 Å². The number of alkyl halides is 1. The summed E-state index contributed by atoms with van der Waals surface area (Å²) in [6, 6.07) is 1.08. The molecule has 0 aliphatic carbocycles. The van der Waals surface area contributed by atoms with E-state index in [4.69, 9.17) is 23.9 Å². The maximum Gasteiger partial charge on any atom is 0.312 e. The molecular formula is C13H35ClO3Si4. The first kappa shape index (κ1) is 22.0. The Labute approximate surface area is 141 Å². The predicted molar refractivity (Wildman–Crippen MR) is 104 cm³/mol. The molecule has 0 N–H and O–H groups in total. The summed E-state index contributed by atoms with van der Waals surface area (Å²) in [6.07, 6.45) is 1.01. The average molecular weight is 387 g/mol. The van der Waals surface area contributed by atoms with Gasteiger partial charge in [-0.1, -0.05) is 0 Å². The molecule has 3 nitrogen and oxygen atoms in total. The highest BCUT2D eigenvalue weighted by molar-refractivity contribution is 6.89. The van der Waals surface area contributed by atoms with Crippen LogP contribution in [0.3, 0.4) is 0 Å². The Morgan fingerprint density at radius 3 is 1.57 bits per heavy atom. The van der Waals surface area contributed by atoms with Crippen molar-refractivity contribution in [3.63, 3.8) is 0 Å². The maximum absolute atomic E-state index is 6.49. The Hall–Kier alpha value is 1.04. The minimum atomic E-state index is -2.17. The minimum Gasteiger partial charge on any atom is -0.437 e. The van der Waals surface area contributed by atoms with Crippen LogP contribution >= 0.6 is 11.6 Å². The van der Waals surface area contributed by atoms with Crippen LogP contribution in [0.4, 0.5) is 0 Å². The van der Waals surface area contributed by atoms with Crippen molar-refractivity contribution in [2.24, 2.45) is 0 Å². The third-order valence-corrected chi connectivity index (χ3v) is 16.9. The molecule has 0 rings (SSSR count). The second-order valence-electron chi connectivity index (χ2n) is 8.30. The summed E-state index contributed by atoms with van der Waals surface area (Å²) >= 11 is 6.07. The first-order chi connectivity index (χ1) is 9.04. The molecule has 0 aromatic rings. The molecule has 1 unspecified atom stereocenters. The van der Waals surface area contributed by atoms with Crippen molar-refractivity contribution in [2.45, 2.75) is 83.7 Å². The van der Waals surface area contributed by atoms with E-state index in [0.717, 1.165) is 12.5 Å². The van der Waals surface area contributed by atoms with Gasteiger partial charge in [-0.05, 0) is 78.3 Å². The highest BCUT2D eigenvalue weighted by Gasteiger charge is 2.42. The van der Waals surface area contributed by atoms with E-state index in [-0.39, 0.29) is 5.38 Å². The van der Waals surface area contributed by atoms with Crippen molar-refractivity contribution in [1.82, 2.24) is 0 Å². The van der Waals surface area contributed by atoms with E-state index in [2.05, 4.69) is 58.9 Å². The first-order valence-electron chi connectivity index (χ1n) is 7.78. The van der Waals surface area contributed by atoms with Gasteiger partial charge in [0, 0.05) is 5.38 Å². The number of rotatable bonds is 9. The van der Waals surface area contributed by atoms with E-state index in [1.54, 1.807) is 0 Å². The number of hydrogen-bond donors (Lipinski definition) is 0. The third-order valence-electron chi connectivity index (χ3n) is 2.71. The zero-order valence-electron chi connectivity index (χ0n) is 15.6. The van der Waals surface area contributed by atoms with Gasteiger partial charge in [0.25, 0.3) is 0 Å². The largest absolute Gasteiger partial charge is 0.437 e. The third kappa shape index (κ3) is 12.2. The van der Waals surface area contributed by atoms with Gasteiger partial charge in [0.05, 0.1) is 0 Å². The Balaban J connectivity index is 4.67. The van der Waals surface area contributed by atoms with E-state index >= 15 is 0 Å². The van der Waals surface area contributed by atoms with Crippen molar-refractivity contribution in [3.8, 4) is 0 Å². The van der Waals surface area contributed by atoms with Crippen molar-refractivity contribution >= 4 is 45.4 Å². The van der Waals surface area contributed by atoms with Crippen LogP contribution in [-0.2, 0) is 12.3 Å². The van der Waals surface area contributed by atoms with E-state index in [0.29, 0.717) is 0 Å². The average Bonchev–Trinajstić information content (AvgIpc) is 2.05. The van der Waals surface area contributed by atoms with Gasteiger partial charge < -0.3 is 12.3 Å². The summed E-state index contributed by atoms with van der Waals surface area (Å²) in [5.74, 6) is 0. The molecule has 0 saturated heterocycles. The molecular weight excluding hydrogens is 352 g/mol. The smallest absolute Gasteiger partial charge is 0.312 e. The molecule has 1 atom stereocenters. The van der Waals surface area contributed by atoms with Crippen LogP contribution in [0.15, 0.2) is 0 Å². The van der Waals surface area contributed by atoms with Crippen LogP contribution in [-0.4, -0.2) is 39.1 Å². The fourth-order valence-electron chi connectivity index (χ4n) is 2.63. The number of hydrogen-bond acceptors (Lipinski definition) is 3. The molecule has 0 saturated carbocycles. The second kappa shape index (κ2) is 7.74. The van der Waals surface area contributed by atoms with Crippen molar-refractivity contribution in [2.75, 3.05) is 0 Å². The van der Waals surface area contributed by atoms with E-state index in [1.807, 2.05) is 6.92 Å². The van der Waals surface area contributed by atoms with Crippen LogP contribution in [0.5, 0.6) is 0 Å². The quantitative estimate of drug-likeness (QED) is 0.386. The molecule has 21 heavy (non-hydrogen) atoms. The summed E-state index contributed by atoms with van der Waals surface area (Å²) < 4.78 is 19.2. The first-order valence-corrected chi connectivity index (χ1v) is 20.4. The lowest BCUT2D eigenvalue weighted by Crippen LogP contribution is -2.55. The summed E-state index contributed by atoms with van der Waals surface area (Å²) in [5, 5.41) is 0.215. The van der Waals surface area contributed by atoms with Gasteiger partial charge in [-0.25, -0.2) is 0 Å². The molecule has 0 aromatic carbocycles. The molecule has 128 valence electrons. The Bertz CT molecular complexity index is 328. The molecule has 0 bridgehead atoms. The molecule has 0 aliphatic heterocycles. The molecule has 0 spiro atoms. The van der Waals surface area contributed by atoms with Gasteiger partial charge in [-0.15, -0.1) is 11.6 Å². The molecule has 0 fully saturated rings. The highest BCUT2D eigenvalue weighted by atomic mass is 35.5. The van der Waals surface area contributed by atoms with E-state index in [1.165, 1.54) is 0 Å². The van der Waals surface area contributed by atoms with Crippen molar-refractivity contribution in [3.05, 3.63) is 0 Å². The predicted octanol–water partition coefficient (Wildman–Crippen LogP) is 5.50. The fraction of sp³-hybridized carbons (Fsp3) is 1.00. The molecule has 0 aliphatic rings. The van der Waals surface area contributed by atoms with Crippen molar-refractivity contribution < 1.29 is 12.3 Å². The van der Waals surface area contributed by atoms with Crippen LogP contribution in [0, 0.1) is 0 Å². The summed E-state index contributed by atoms with van der Waals surface area (Å²) in [7, 11) is -7.61. The molecule has 0 heterocycles. The minimum absolute atomic E-state index is 0.215. The standard InChI is InChI=1S/C13H35ClO3Si4/c1-13(14)11-12-19(5,6)16-21(9,10)17-20(7,8)15-18(2,3)4/h13H,11-12H2,1-10H3. The fourth-order valence-corrected chi connectivity index (χ4v) is 21.5. The van der Waals surface area contributed by atoms with Gasteiger partial charge in [0.1, 0.15) is 0 Å². The Kier molecular flexibility index (Phi) is 8.12. The van der Waals surface area contributed by atoms with Gasteiger partial charge in [0.2, 0.25) is 0 Å². The normalized spacial score (nSPS) is 16.1. The summed E-state index contributed by atoms with van der Waals surface area (Å²) in [6.45, 7) is 21.8. The lowest BCUT2D eigenvalue weighted by Gasteiger charge is -2.40. The van der Waals surface area contributed by atoms with Crippen LogP contribution in [0.2, 0.25) is 65.0 Å². The number of halogens is 1. The Morgan fingerprint density at radius 2 is 1.19 bits per heavy atom. The van der Waals surface area contributed by atoms with Crippen LogP contribution in [0.25, 0.3) is 0 Å². The lowest BCUT2D eigenvalue weighted by atomic mass is 10.4. The van der Waals surface area contributed by atoms with Gasteiger partial charge >= 0.3 is 17.1 Å². The van der Waals surface area contributed by atoms with Crippen LogP contribution in [0.1, 0.15) is 13.3 Å².